The number of fused-ring (bicyclic) bond motifs is 3. The normalized spacial score (nSPS) is 14.1. The maximum absolute atomic E-state index is 9.76. The standard InChI is InChI=1S/C27H28N.C11H24O2.Ir/c1-26(2,3)21-10-12-24-19(16-21)8-7-18-15-20(9-11-23(18)24)25-17-22(13-14-28-25)27(4,5)6;1-10(2,3)8(12)7-9(13)11(4,5)6;/h7-8,10-17H,1-6H3;8-9,12-13H,7H2,1-6H3;/q-1;;. The molecule has 4 heteroatoms. The molecule has 0 spiro atoms. The van der Waals surface area contributed by atoms with E-state index in [2.05, 4.69) is 107 Å². The van der Waals surface area contributed by atoms with Gasteiger partial charge in [0.05, 0.1) is 12.2 Å². The van der Waals surface area contributed by atoms with Crippen molar-refractivity contribution in [3.8, 4) is 11.3 Å². The van der Waals surface area contributed by atoms with Gasteiger partial charge in [-0.15, -0.1) is 29.1 Å². The van der Waals surface area contributed by atoms with Crippen LogP contribution in [0.1, 0.15) is 101 Å². The molecule has 231 valence electrons. The Bertz CT molecular complexity index is 1460. The van der Waals surface area contributed by atoms with Crippen LogP contribution in [0.15, 0.2) is 60.8 Å². The predicted octanol–water partition coefficient (Wildman–Crippen LogP) is 9.64. The number of hydrogen-bond acceptors (Lipinski definition) is 3. The van der Waals surface area contributed by atoms with Crippen LogP contribution >= 0.6 is 0 Å². The summed E-state index contributed by atoms with van der Waals surface area (Å²) >= 11 is 0. The molecule has 0 fully saturated rings. The molecule has 0 saturated heterocycles. The van der Waals surface area contributed by atoms with Gasteiger partial charge in [0.1, 0.15) is 0 Å². The molecule has 2 N–H and O–H groups in total. The van der Waals surface area contributed by atoms with Crippen molar-refractivity contribution in [2.24, 2.45) is 10.8 Å². The van der Waals surface area contributed by atoms with Crippen LogP contribution < -0.4 is 0 Å². The molecule has 4 aromatic rings. The van der Waals surface area contributed by atoms with Gasteiger partial charge in [-0.05, 0) is 49.9 Å². The maximum atomic E-state index is 9.76. The molecule has 0 saturated carbocycles. The zero-order valence-corrected chi connectivity index (χ0v) is 30.2. The van der Waals surface area contributed by atoms with Crippen LogP contribution in [-0.4, -0.2) is 27.4 Å². The summed E-state index contributed by atoms with van der Waals surface area (Å²) in [6.45, 7) is 25.3. The number of aliphatic hydroxyl groups excluding tert-OH is 2. The van der Waals surface area contributed by atoms with Gasteiger partial charge in [-0.1, -0.05) is 130 Å². The molecule has 0 aliphatic heterocycles. The summed E-state index contributed by atoms with van der Waals surface area (Å²) in [7, 11) is 0. The molecule has 0 aliphatic rings. The second-order valence-electron chi connectivity index (χ2n) is 15.8. The minimum absolute atomic E-state index is 0. The zero-order valence-electron chi connectivity index (χ0n) is 27.8. The van der Waals surface area contributed by atoms with E-state index < -0.39 is 12.2 Å². The monoisotopic (exact) mass is 747 g/mol. The molecule has 0 bridgehead atoms. The molecule has 0 amide bonds. The number of hydrogen-bond donors (Lipinski definition) is 2. The first-order valence-corrected chi connectivity index (χ1v) is 14.9. The summed E-state index contributed by atoms with van der Waals surface area (Å²) in [5.74, 6) is 0. The summed E-state index contributed by atoms with van der Waals surface area (Å²) in [6.07, 6.45) is 1.47. The average Bonchev–Trinajstić information content (AvgIpc) is 2.86. The Morgan fingerprint density at radius 2 is 1.14 bits per heavy atom. The van der Waals surface area contributed by atoms with Crippen LogP contribution in [0.3, 0.4) is 0 Å². The Labute approximate surface area is 268 Å². The minimum atomic E-state index is -0.443. The molecule has 3 aromatic carbocycles. The van der Waals surface area contributed by atoms with Crippen molar-refractivity contribution in [3.63, 3.8) is 0 Å². The van der Waals surface area contributed by atoms with E-state index in [0.29, 0.717) is 6.42 Å². The second kappa shape index (κ2) is 13.3. The predicted molar refractivity (Wildman–Crippen MR) is 176 cm³/mol. The van der Waals surface area contributed by atoms with Crippen LogP contribution in [0, 0.1) is 16.9 Å². The van der Waals surface area contributed by atoms with Crippen LogP contribution in [0.4, 0.5) is 0 Å². The summed E-state index contributed by atoms with van der Waals surface area (Å²) in [5, 5.41) is 24.6. The average molecular weight is 747 g/mol. The Balaban J connectivity index is 0.000000377. The molecule has 2 atom stereocenters. The number of aromatic nitrogens is 1. The van der Waals surface area contributed by atoms with Crippen LogP contribution in [0.5, 0.6) is 0 Å². The van der Waals surface area contributed by atoms with E-state index in [-0.39, 0.29) is 41.8 Å². The first-order chi connectivity index (χ1) is 18.7. The van der Waals surface area contributed by atoms with Gasteiger partial charge >= 0.3 is 0 Å². The molecule has 4 rings (SSSR count). The van der Waals surface area contributed by atoms with Crippen molar-refractivity contribution in [2.75, 3.05) is 0 Å². The quantitative estimate of drug-likeness (QED) is 0.162. The summed E-state index contributed by atoms with van der Waals surface area (Å²) < 4.78 is 0. The molecule has 3 nitrogen and oxygen atoms in total. The maximum Gasteiger partial charge on any atom is 0.0613 e. The Kier molecular flexibility index (Phi) is 11.4. The zero-order chi connectivity index (χ0) is 31.0. The van der Waals surface area contributed by atoms with Crippen molar-refractivity contribution in [1.29, 1.82) is 0 Å². The molecule has 1 aromatic heterocycles. The van der Waals surface area contributed by atoms with E-state index in [9.17, 15) is 10.2 Å². The SMILES string of the molecule is CC(C)(C)C(O)CC(O)C(C)(C)C.CC(C)(C)c1ccnc(-c2[c-]cc3c(ccc4cc(C(C)(C)C)ccc43)c2)c1.[Ir]. The third kappa shape index (κ3) is 9.20. The van der Waals surface area contributed by atoms with Crippen molar-refractivity contribution >= 4 is 21.5 Å². The Morgan fingerprint density at radius 3 is 1.64 bits per heavy atom. The van der Waals surface area contributed by atoms with Gasteiger partial charge in [-0.25, -0.2) is 0 Å². The molecule has 1 heterocycles. The largest absolute Gasteiger partial charge is 0.392 e. The van der Waals surface area contributed by atoms with Gasteiger partial charge in [0.15, 0.2) is 0 Å². The fourth-order valence-electron chi connectivity index (χ4n) is 4.58. The number of pyridine rings is 1. The van der Waals surface area contributed by atoms with E-state index >= 15 is 0 Å². The fraction of sp³-hybridized carbons (Fsp3) is 0.500. The number of nitrogens with zero attached hydrogens (tertiary/aromatic N) is 1. The number of rotatable bonds is 3. The van der Waals surface area contributed by atoms with E-state index in [0.717, 1.165) is 11.3 Å². The molecular weight excluding hydrogens is 695 g/mol. The number of benzene rings is 3. The first-order valence-electron chi connectivity index (χ1n) is 14.9. The van der Waals surface area contributed by atoms with E-state index in [1.165, 1.54) is 32.7 Å². The number of aliphatic hydroxyl groups is 2. The minimum Gasteiger partial charge on any atom is -0.392 e. The van der Waals surface area contributed by atoms with Crippen LogP contribution in [0.25, 0.3) is 32.8 Å². The van der Waals surface area contributed by atoms with Gasteiger partial charge < -0.3 is 15.2 Å². The van der Waals surface area contributed by atoms with Crippen molar-refractivity contribution < 1.29 is 30.3 Å². The van der Waals surface area contributed by atoms with Crippen molar-refractivity contribution in [2.45, 2.75) is 113 Å². The van der Waals surface area contributed by atoms with Gasteiger partial charge in [0.25, 0.3) is 0 Å². The summed E-state index contributed by atoms with van der Waals surface area (Å²) in [5.41, 5.74) is 4.65. The molecule has 1 radical (unpaired) electrons. The van der Waals surface area contributed by atoms with Crippen molar-refractivity contribution in [1.82, 2.24) is 4.98 Å². The smallest absolute Gasteiger partial charge is 0.0613 e. The van der Waals surface area contributed by atoms with Crippen LogP contribution in [0.2, 0.25) is 0 Å². The third-order valence-corrected chi connectivity index (χ3v) is 7.98. The fourth-order valence-corrected chi connectivity index (χ4v) is 4.58. The topological polar surface area (TPSA) is 53.4 Å². The molecule has 2 unspecified atom stereocenters. The first kappa shape index (κ1) is 36.1. The van der Waals surface area contributed by atoms with Gasteiger partial charge in [0.2, 0.25) is 0 Å². The van der Waals surface area contributed by atoms with E-state index in [1.54, 1.807) is 0 Å². The summed E-state index contributed by atoms with van der Waals surface area (Å²) in [6, 6.07) is 23.4. The summed E-state index contributed by atoms with van der Waals surface area (Å²) in [4.78, 5) is 4.60. The van der Waals surface area contributed by atoms with E-state index in [1.807, 2.05) is 47.7 Å². The van der Waals surface area contributed by atoms with Gasteiger partial charge in [-0.2, -0.15) is 0 Å². The molecular formula is C38H52IrNO2-. The van der Waals surface area contributed by atoms with Crippen molar-refractivity contribution in [3.05, 3.63) is 78.0 Å². The molecule has 42 heavy (non-hydrogen) atoms. The van der Waals surface area contributed by atoms with E-state index in [4.69, 9.17) is 0 Å². The second-order valence-corrected chi connectivity index (χ2v) is 15.8. The van der Waals surface area contributed by atoms with Gasteiger partial charge in [0, 0.05) is 32.7 Å². The molecule has 0 aliphatic carbocycles. The third-order valence-electron chi connectivity index (χ3n) is 7.98. The Hall–Kier alpha value is -2.10. The van der Waals surface area contributed by atoms with Crippen LogP contribution in [-0.2, 0) is 30.9 Å². The Morgan fingerprint density at radius 1 is 0.643 bits per heavy atom. The van der Waals surface area contributed by atoms with Gasteiger partial charge in [-0.3, -0.25) is 0 Å².